The van der Waals surface area contributed by atoms with Gasteiger partial charge in [0, 0.05) is 5.70 Å². The Morgan fingerprint density at radius 1 is 1.36 bits per heavy atom. The third kappa shape index (κ3) is 4.75. The number of amides is 2. The Hall–Kier alpha value is -2.73. The monoisotopic (exact) mass is 451 g/mol. The van der Waals surface area contributed by atoms with Gasteiger partial charge in [-0.3, -0.25) is 0 Å². The van der Waals surface area contributed by atoms with E-state index in [1.54, 1.807) is 19.1 Å². The summed E-state index contributed by atoms with van der Waals surface area (Å²) >= 11 is 3.41. The molecule has 9 heteroatoms. The maximum absolute atomic E-state index is 12.6. The number of nitrogens with one attached hydrogen (secondary N) is 2. The molecule has 1 aromatic rings. The van der Waals surface area contributed by atoms with Crippen LogP contribution in [-0.4, -0.2) is 32.3 Å². The Morgan fingerprint density at radius 2 is 2.11 bits per heavy atom. The van der Waals surface area contributed by atoms with Gasteiger partial charge in [-0.05, 0) is 47.0 Å². The fraction of sp³-hybridized carbons (Fsp3) is 0.421. The predicted molar refractivity (Wildman–Crippen MR) is 105 cm³/mol. The number of nitriles is 1. The highest BCUT2D eigenvalue weighted by Gasteiger charge is 2.34. The van der Waals surface area contributed by atoms with Gasteiger partial charge in [-0.2, -0.15) is 5.26 Å². The zero-order valence-electron chi connectivity index (χ0n) is 15.9. The van der Waals surface area contributed by atoms with E-state index in [1.165, 1.54) is 7.11 Å². The van der Waals surface area contributed by atoms with Gasteiger partial charge in [0.2, 0.25) is 0 Å². The summed E-state index contributed by atoms with van der Waals surface area (Å²) in [5.74, 6) is 0.236. The molecular formula is C19H22BrN3O5. The van der Waals surface area contributed by atoms with Crippen LogP contribution in [0.15, 0.2) is 27.9 Å². The van der Waals surface area contributed by atoms with Crippen LogP contribution in [0.4, 0.5) is 4.79 Å². The summed E-state index contributed by atoms with van der Waals surface area (Å²) in [4.78, 5) is 24.8. The van der Waals surface area contributed by atoms with Crippen LogP contribution < -0.4 is 20.1 Å². The minimum Gasteiger partial charge on any atom is -0.493 e. The Kier molecular flexibility index (Phi) is 7.70. The molecule has 8 nitrogen and oxygen atoms in total. The highest BCUT2D eigenvalue weighted by molar-refractivity contribution is 9.10. The summed E-state index contributed by atoms with van der Waals surface area (Å²) in [5, 5.41) is 14.2. The first-order valence-electron chi connectivity index (χ1n) is 8.81. The van der Waals surface area contributed by atoms with E-state index in [9.17, 15) is 9.59 Å². The molecule has 0 aromatic heterocycles. The SMILES string of the molecule is CCCC1=C(C(=O)OCC)[C@@H](c2cc(Br)c(OCC#N)c(OC)c2)NC(=O)N1. The van der Waals surface area contributed by atoms with Gasteiger partial charge in [-0.15, -0.1) is 0 Å². The Labute approximate surface area is 172 Å². The summed E-state index contributed by atoms with van der Waals surface area (Å²) in [6.45, 7) is 3.76. The van der Waals surface area contributed by atoms with Crippen LogP contribution in [-0.2, 0) is 9.53 Å². The lowest BCUT2D eigenvalue weighted by molar-refractivity contribution is -0.139. The van der Waals surface area contributed by atoms with Crippen LogP contribution in [0.3, 0.4) is 0 Å². The molecule has 0 fully saturated rings. The minimum absolute atomic E-state index is 0.146. The summed E-state index contributed by atoms with van der Waals surface area (Å²) < 4.78 is 16.5. The van der Waals surface area contributed by atoms with E-state index >= 15 is 0 Å². The van der Waals surface area contributed by atoms with Crippen molar-refractivity contribution in [2.75, 3.05) is 20.3 Å². The normalized spacial score (nSPS) is 16.0. The van der Waals surface area contributed by atoms with Gasteiger partial charge in [-0.1, -0.05) is 13.3 Å². The number of halogens is 1. The van der Waals surface area contributed by atoms with Crippen LogP contribution >= 0.6 is 15.9 Å². The molecule has 1 aliphatic rings. The van der Waals surface area contributed by atoms with Crippen molar-refractivity contribution in [3.63, 3.8) is 0 Å². The maximum atomic E-state index is 12.6. The number of rotatable bonds is 8. The summed E-state index contributed by atoms with van der Waals surface area (Å²) in [6, 6.07) is 4.16. The van der Waals surface area contributed by atoms with Gasteiger partial charge < -0.3 is 24.8 Å². The first-order chi connectivity index (χ1) is 13.5. The van der Waals surface area contributed by atoms with Crippen molar-refractivity contribution in [1.82, 2.24) is 10.6 Å². The van der Waals surface area contributed by atoms with Gasteiger partial charge >= 0.3 is 12.0 Å². The average molecular weight is 452 g/mol. The molecule has 1 aromatic carbocycles. The number of carbonyl (C=O) groups excluding carboxylic acids is 2. The van der Waals surface area contributed by atoms with Crippen LogP contribution in [0.1, 0.15) is 38.3 Å². The molecule has 1 heterocycles. The second-order valence-corrected chi connectivity index (χ2v) is 6.73. The van der Waals surface area contributed by atoms with Crippen molar-refractivity contribution in [3.05, 3.63) is 33.4 Å². The predicted octanol–water partition coefficient (Wildman–Crippen LogP) is 3.33. The van der Waals surface area contributed by atoms with Crippen molar-refractivity contribution >= 4 is 27.9 Å². The molecule has 0 saturated heterocycles. The lowest BCUT2D eigenvalue weighted by Crippen LogP contribution is -2.46. The highest BCUT2D eigenvalue weighted by atomic mass is 79.9. The number of methoxy groups -OCH3 is 1. The molecule has 1 aliphatic heterocycles. The standard InChI is InChI=1S/C19H22BrN3O5/c1-4-6-13-15(18(24)27-5-2)16(23-19(25)22-13)11-9-12(20)17(28-8-7-21)14(10-11)26-3/h9-10,16H,4-6,8H2,1-3H3,(H2,22,23,25)/t16-/m1/s1. The Morgan fingerprint density at radius 3 is 2.71 bits per heavy atom. The third-order valence-electron chi connectivity index (χ3n) is 4.02. The fourth-order valence-corrected chi connectivity index (χ4v) is 3.49. The van der Waals surface area contributed by atoms with Crippen LogP contribution in [0.2, 0.25) is 0 Å². The smallest absolute Gasteiger partial charge is 0.338 e. The molecule has 2 N–H and O–H groups in total. The van der Waals surface area contributed by atoms with E-state index in [0.29, 0.717) is 39.2 Å². The minimum atomic E-state index is -0.718. The molecule has 2 amide bonds. The zero-order chi connectivity index (χ0) is 20.7. The number of allylic oxidation sites excluding steroid dienone is 1. The molecule has 0 spiro atoms. The van der Waals surface area contributed by atoms with Gasteiger partial charge in [0.25, 0.3) is 0 Å². The molecular weight excluding hydrogens is 430 g/mol. The molecule has 0 saturated carbocycles. The summed E-state index contributed by atoms with van der Waals surface area (Å²) in [7, 11) is 1.47. The zero-order valence-corrected chi connectivity index (χ0v) is 17.5. The number of carbonyl (C=O) groups is 2. The molecule has 1 atom stereocenters. The molecule has 0 unspecified atom stereocenters. The van der Waals surface area contributed by atoms with Crippen LogP contribution in [0.25, 0.3) is 0 Å². The number of ether oxygens (including phenoxy) is 3. The lowest BCUT2D eigenvalue weighted by Gasteiger charge is -2.30. The molecule has 2 rings (SSSR count). The topological polar surface area (TPSA) is 110 Å². The number of esters is 1. The van der Waals surface area contributed by atoms with Crippen LogP contribution in [0.5, 0.6) is 11.5 Å². The second kappa shape index (κ2) is 9.99. The van der Waals surface area contributed by atoms with E-state index in [4.69, 9.17) is 19.5 Å². The van der Waals surface area contributed by atoms with Crippen molar-refractivity contribution in [3.8, 4) is 17.6 Å². The number of urea groups is 1. The fourth-order valence-electron chi connectivity index (χ4n) is 2.92. The highest BCUT2D eigenvalue weighted by Crippen LogP contribution is 2.40. The number of hydrogen-bond donors (Lipinski definition) is 2. The lowest BCUT2D eigenvalue weighted by atomic mass is 9.93. The van der Waals surface area contributed by atoms with E-state index in [-0.39, 0.29) is 13.2 Å². The second-order valence-electron chi connectivity index (χ2n) is 5.88. The molecule has 0 aliphatic carbocycles. The number of nitrogens with zero attached hydrogens (tertiary/aromatic N) is 1. The Bertz CT molecular complexity index is 832. The molecule has 28 heavy (non-hydrogen) atoms. The van der Waals surface area contributed by atoms with Gasteiger partial charge in [0.05, 0.1) is 29.8 Å². The number of hydrogen-bond acceptors (Lipinski definition) is 6. The van der Waals surface area contributed by atoms with Crippen LogP contribution in [0, 0.1) is 11.3 Å². The molecule has 0 radical (unpaired) electrons. The van der Waals surface area contributed by atoms with Crippen molar-refractivity contribution in [2.45, 2.75) is 32.7 Å². The van der Waals surface area contributed by atoms with E-state index in [0.717, 1.165) is 6.42 Å². The third-order valence-corrected chi connectivity index (χ3v) is 4.60. The van der Waals surface area contributed by atoms with Gasteiger partial charge in [0.15, 0.2) is 18.1 Å². The maximum Gasteiger partial charge on any atom is 0.338 e. The quantitative estimate of drug-likeness (QED) is 0.586. The van der Waals surface area contributed by atoms with Crippen molar-refractivity contribution in [1.29, 1.82) is 5.26 Å². The van der Waals surface area contributed by atoms with E-state index in [1.807, 2.05) is 13.0 Å². The number of benzene rings is 1. The van der Waals surface area contributed by atoms with Gasteiger partial charge in [0.1, 0.15) is 6.07 Å². The van der Waals surface area contributed by atoms with Gasteiger partial charge in [-0.25, -0.2) is 9.59 Å². The Balaban J connectivity index is 2.57. The first-order valence-corrected chi connectivity index (χ1v) is 9.60. The molecule has 150 valence electrons. The largest absolute Gasteiger partial charge is 0.493 e. The molecule has 0 bridgehead atoms. The van der Waals surface area contributed by atoms with Crippen molar-refractivity contribution < 1.29 is 23.8 Å². The van der Waals surface area contributed by atoms with Crippen molar-refractivity contribution in [2.24, 2.45) is 0 Å². The van der Waals surface area contributed by atoms with E-state index in [2.05, 4.69) is 26.6 Å². The first kappa shape index (κ1) is 21.6. The van der Waals surface area contributed by atoms with E-state index < -0.39 is 18.0 Å². The average Bonchev–Trinajstić information content (AvgIpc) is 2.66. The summed E-state index contributed by atoms with van der Waals surface area (Å²) in [5.41, 5.74) is 1.50. The summed E-state index contributed by atoms with van der Waals surface area (Å²) in [6.07, 6.45) is 1.28.